The second kappa shape index (κ2) is 7.03. The number of piperidine rings is 1. The molecule has 1 aliphatic heterocycles. The Morgan fingerprint density at radius 2 is 1.16 bits per heavy atom. The van der Waals surface area contributed by atoms with Crippen molar-refractivity contribution in [1.29, 1.82) is 0 Å². The Bertz CT molecular complexity index is 831. The van der Waals surface area contributed by atoms with Gasteiger partial charge in [0.25, 0.3) is 0 Å². The molecule has 1 N–H and O–H groups in total. The number of rotatable bonds is 2. The van der Waals surface area contributed by atoms with Gasteiger partial charge in [0.2, 0.25) is 0 Å². The molecule has 6 heteroatoms. The van der Waals surface area contributed by atoms with Crippen molar-refractivity contribution in [2.75, 3.05) is 13.1 Å². The van der Waals surface area contributed by atoms with Crippen LogP contribution in [0.4, 0.5) is 17.6 Å². The zero-order valence-electron chi connectivity index (χ0n) is 13.0. The second-order valence-electron chi connectivity index (χ2n) is 5.62. The van der Waals surface area contributed by atoms with Crippen molar-refractivity contribution < 1.29 is 22.4 Å². The molecule has 0 bridgehead atoms. The molecule has 0 atom stereocenters. The summed E-state index contributed by atoms with van der Waals surface area (Å²) in [7, 11) is 0. The number of benzene rings is 2. The molecule has 0 aromatic heterocycles. The van der Waals surface area contributed by atoms with Crippen LogP contribution in [0.15, 0.2) is 47.5 Å². The largest absolute Gasteiger partial charge is 0.308 e. The number of carbonyl (C=O) groups excluding carboxylic acids is 1. The van der Waals surface area contributed by atoms with Gasteiger partial charge in [-0.15, -0.1) is 0 Å². The lowest BCUT2D eigenvalue weighted by Crippen LogP contribution is -2.32. The van der Waals surface area contributed by atoms with Gasteiger partial charge >= 0.3 is 0 Å². The molecule has 0 spiro atoms. The third-order valence-electron chi connectivity index (χ3n) is 3.78. The van der Waals surface area contributed by atoms with E-state index >= 15 is 0 Å². The van der Waals surface area contributed by atoms with E-state index in [0.29, 0.717) is 22.3 Å². The third-order valence-corrected chi connectivity index (χ3v) is 3.78. The van der Waals surface area contributed by atoms with Crippen molar-refractivity contribution in [3.63, 3.8) is 0 Å². The number of ketones is 1. The van der Waals surface area contributed by atoms with Crippen molar-refractivity contribution in [2.45, 2.75) is 0 Å². The van der Waals surface area contributed by atoms with Crippen LogP contribution in [0.2, 0.25) is 0 Å². The highest BCUT2D eigenvalue weighted by atomic mass is 19.2. The maximum absolute atomic E-state index is 13.3. The molecular weight excluding hydrogens is 334 g/mol. The standard InChI is InChI=1S/C19H13F4NO/c20-15-3-1-11(7-17(15)22)5-13-9-24-10-14(19(13)25)6-12-2-4-16(21)18(23)8-12/h1-8,24H,9-10H2. The van der Waals surface area contributed by atoms with Crippen LogP contribution >= 0.6 is 0 Å². The lowest BCUT2D eigenvalue weighted by molar-refractivity contribution is -0.112. The minimum Gasteiger partial charge on any atom is -0.308 e. The predicted octanol–water partition coefficient (Wildman–Crippen LogP) is 3.88. The smallest absolute Gasteiger partial charge is 0.187 e. The number of Topliss-reactive ketones (excluding diaryl/α,β-unsaturated/α-hetero) is 1. The van der Waals surface area contributed by atoms with Crippen molar-refractivity contribution in [3.8, 4) is 0 Å². The minimum atomic E-state index is -0.997. The number of nitrogens with one attached hydrogen (secondary N) is 1. The molecule has 0 saturated carbocycles. The Morgan fingerprint density at radius 3 is 1.56 bits per heavy atom. The summed E-state index contributed by atoms with van der Waals surface area (Å²) in [5.41, 5.74) is 1.45. The van der Waals surface area contributed by atoms with E-state index in [9.17, 15) is 22.4 Å². The molecule has 0 amide bonds. The molecule has 0 radical (unpaired) electrons. The number of hydrogen-bond donors (Lipinski definition) is 1. The molecule has 128 valence electrons. The zero-order valence-corrected chi connectivity index (χ0v) is 13.0. The van der Waals surface area contributed by atoms with Crippen LogP contribution in [0, 0.1) is 23.3 Å². The molecule has 3 rings (SSSR count). The molecule has 25 heavy (non-hydrogen) atoms. The van der Waals surface area contributed by atoms with Crippen molar-refractivity contribution in [2.24, 2.45) is 0 Å². The first kappa shape index (κ1) is 17.1. The van der Waals surface area contributed by atoms with Gasteiger partial charge in [0.1, 0.15) is 0 Å². The van der Waals surface area contributed by atoms with E-state index in [1.165, 1.54) is 24.3 Å². The summed E-state index contributed by atoms with van der Waals surface area (Å²) in [6.45, 7) is 0.542. The zero-order chi connectivity index (χ0) is 18.0. The van der Waals surface area contributed by atoms with E-state index in [1.807, 2.05) is 0 Å². The van der Waals surface area contributed by atoms with Gasteiger partial charge in [0.05, 0.1) is 0 Å². The summed E-state index contributed by atoms with van der Waals surface area (Å²) >= 11 is 0. The first-order chi connectivity index (χ1) is 11.9. The monoisotopic (exact) mass is 347 g/mol. The summed E-state index contributed by atoms with van der Waals surface area (Å²) in [5, 5.41) is 3.01. The van der Waals surface area contributed by atoms with Gasteiger partial charge < -0.3 is 5.32 Å². The van der Waals surface area contributed by atoms with Gasteiger partial charge in [-0.3, -0.25) is 4.79 Å². The van der Waals surface area contributed by atoms with Gasteiger partial charge in [-0.25, -0.2) is 17.6 Å². The Balaban J connectivity index is 1.89. The Hall–Kier alpha value is -2.73. The SMILES string of the molecule is O=C1C(=Cc2ccc(F)c(F)c2)CNCC1=Cc1ccc(F)c(F)c1. The molecule has 1 fully saturated rings. The normalized spacial score (nSPS) is 18.2. The van der Waals surface area contributed by atoms with Crippen LogP contribution in [0.25, 0.3) is 12.2 Å². The van der Waals surface area contributed by atoms with Gasteiger partial charge in [-0.1, -0.05) is 12.1 Å². The van der Waals surface area contributed by atoms with Gasteiger partial charge in [0.15, 0.2) is 29.1 Å². The minimum absolute atomic E-state index is 0.271. The fourth-order valence-corrected chi connectivity index (χ4v) is 2.54. The molecule has 0 unspecified atom stereocenters. The highest BCUT2D eigenvalue weighted by Crippen LogP contribution is 2.19. The van der Waals surface area contributed by atoms with E-state index < -0.39 is 23.3 Å². The molecule has 1 aliphatic rings. The Labute approximate surface area is 141 Å². The number of halogens is 4. The van der Waals surface area contributed by atoms with Gasteiger partial charge in [-0.2, -0.15) is 0 Å². The van der Waals surface area contributed by atoms with Crippen LogP contribution in [0.5, 0.6) is 0 Å². The fraction of sp³-hybridized carbons (Fsp3) is 0.105. The topological polar surface area (TPSA) is 29.1 Å². The van der Waals surface area contributed by atoms with E-state index in [2.05, 4.69) is 5.32 Å². The number of hydrogen-bond acceptors (Lipinski definition) is 2. The van der Waals surface area contributed by atoms with Crippen LogP contribution < -0.4 is 5.32 Å². The molecule has 2 aromatic carbocycles. The lowest BCUT2D eigenvalue weighted by Gasteiger charge is -2.18. The number of carbonyl (C=O) groups is 1. The Kier molecular flexibility index (Phi) is 4.81. The maximum atomic E-state index is 13.3. The molecule has 2 aromatic rings. The van der Waals surface area contributed by atoms with Crippen LogP contribution in [-0.4, -0.2) is 18.9 Å². The molecule has 0 aliphatic carbocycles. The quantitative estimate of drug-likeness (QED) is 0.660. The Morgan fingerprint density at radius 1 is 0.720 bits per heavy atom. The van der Waals surface area contributed by atoms with E-state index in [0.717, 1.165) is 24.3 Å². The van der Waals surface area contributed by atoms with Gasteiger partial charge in [0, 0.05) is 24.2 Å². The summed E-state index contributed by atoms with van der Waals surface area (Å²) in [5.74, 6) is -4.21. The van der Waals surface area contributed by atoms with E-state index in [1.54, 1.807) is 0 Å². The summed E-state index contributed by atoms with van der Waals surface area (Å²) in [4.78, 5) is 12.5. The first-order valence-corrected chi connectivity index (χ1v) is 7.51. The average Bonchev–Trinajstić information content (AvgIpc) is 2.58. The fourth-order valence-electron chi connectivity index (χ4n) is 2.54. The van der Waals surface area contributed by atoms with Crippen molar-refractivity contribution >= 4 is 17.9 Å². The molecule has 1 heterocycles. The van der Waals surface area contributed by atoms with Crippen molar-refractivity contribution in [1.82, 2.24) is 5.32 Å². The van der Waals surface area contributed by atoms with E-state index in [4.69, 9.17) is 0 Å². The molecule has 1 saturated heterocycles. The summed E-state index contributed by atoms with van der Waals surface area (Å²) in [6, 6.07) is 6.71. The lowest BCUT2D eigenvalue weighted by atomic mass is 9.95. The molecule has 2 nitrogen and oxygen atoms in total. The summed E-state index contributed by atoms with van der Waals surface area (Å²) < 4.78 is 52.5. The van der Waals surface area contributed by atoms with E-state index in [-0.39, 0.29) is 18.9 Å². The highest BCUT2D eigenvalue weighted by Gasteiger charge is 2.20. The van der Waals surface area contributed by atoms with Crippen LogP contribution in [-0.2, 0) is 4.79 Å². The molecular formula is C19H13F4NO. The van der Waals surface area contributed by atoms with Crippen molar-refractivity contribution in [3.05, 3.63) is 81.9 Å². The maximum Gasteiger partial charge on any atom is 0.187 e. The third kappa shape index (κ3) is 3.85. The highest BCUT2D eigenvalue weighted by molar-refractivity contribution is 6.14. The summed E-state index contributed by atoms with van der Waals surface area (Å²) in [6.07, 6.45) is 2.94. The second-order valence-corrected chi connectivity index (χ2v) is 5.62. The average molecular weight is 347 g/mol. The first-order valence-electron chi connectivity index (χ1n) is 7.51. The predicted molar refractivity (Wildman–Crippen MR) is 86.5 cm³/mol. The van der Waals surface area contributed by atoms with Gasteiger partial charge in [-0.05, 0) is 47.5 Å². The van der Waals surface area contributed by atoms with Crippen LogP contribution in [0.3, 0.4) is 0 Å². The van der Waals surface area contributed by atoms with Crippen LogP contribution in [0.1, 0.15) is 11.1 Å².